The highest BCUT2D eigenvalue weighted by atomic mass is 79.9. The smallest absolute Gasteiger partial charge is 0.261 e. The van der Waals surface area contributed by atoms with E-state index in [-0.39, 0.29) is 12.5 Å². The van der Waals surface area contributed by atoms with Crippen molar-refractivity contribution in [1.82, 2.24) is 15.2 Å². The molecular weight excluding hydrogens is 328 g/mol. The third-order valence-electron chi connectivity index (χ3n) is 2.51. The van der Waals surface area contributed by atoms with Crippen molar-refractivity contribution in [3.8, 4) is 0 Å². The summed E-state index contributed by atoms with van der Waals surface area (Å²) < 4.78 is 2.58. The van der Waals surface area contributed by atoms with Crippen molar-refractivity contribution in [3.05, 3.63) is 38.3 Å². The Morgan fingerprint density at radius 1 is 1.63 bits per heavy atom. The molecule has 0 aliphatic heterocycles. The molecule has 0 aliphatic rings. The SMILES string of the molecule is Cc1nn(CC(=O)N/N=C/c2cccs2)c(C)c1Br. The fourth-order valence-corrected chi connectivity index (χ4v) is 2.40. The molecule has 0 fully saturated rings. The Morgan fingerprint density at radius 3 is 3.00 bits per heavy atom. The molecule has 0 aromatic carbocycles. The monoisotopic (exact) mass is 340 g/mol. The van der Waals surface area contributed by atoms with Crippen LogP contribution in [0.3, 0.4) is 0 Å². The lowest BCUT2D eigenvalue weighted by Gasteiger charge is -2.02. The van der Waals surface area contributed by atoms with E-state index in [0.29, 0.717) is 0 Å². The Morgan fingerprint density at radius 2 is 2.42 bits per heavy atom. The average Bonchev–Trinajstić information content (AvgIpc) is 2.96. The number of halogens is 1. The first-order valence-electron chi connectivity index (χ1n) is 5.63. The highest BCUT2D eigenvalue weighted by Gasteiger charge is 2.11. The molecule has 1 N–H and O–H groups in total. The van der Waals surface area contributed by atoms with Crippen LogP contribution in [-0.2, 0) is 11.3 Å². The molecule has 0 saturated heterocycles. The number of amides is 1. The number of hydrogen-bond donors (Lipinski definition) is 1. The maximum absolute atomic E-state index is 11.7. The van der Waals surface area contributed by atoms with Crippen LogP contribution in [0.2, 0.25) is 0 Å². The largest absolute Gasteiger partial charge is 0.271 e. The zero-order valence-corrected chi connectivity index (χ0v) is 13.0. The van der Waals surface area contributed by atoms with E-state index in [9.17, 15) is 4.79 Å². The Hall–Kier alpha value is -1.47. The molecule has 0 spiro atoms. The number of aromatic nitrogens is 2. The van der Waals surface area contributed by atoms with Gasteiger partial charge in [-0.25, -0.2) is 5.43 Å². The molecule has 2 aromatic heterocycles. The van der Waals surface area contributed by atoms with Gasteiger partial charge in [0.05, 0.1) is 22.1 Å². The van der Waals surface area contributed by atoms with Gasteiger partial charge in [-0.1, -0.05) is 6.07 Å². The third kappa shape index (κ3) is 3.51. The van der Waals surface area contributed by atoms with Gasteiger partial charge in [0.1, 0.15) is 6.54 Å². The third-order valence-corrected chi connectivity index (χ3v) is 4.47. The van der Waals surface area contributed by atoms with Crippen LogP contribution in [0, 0.1) is 13.8 Å². The second kappa shape index (κ2) is 6.12. The average molecular weight is 341 g/mol. The predicted octanol–water partition coefficient (Wildman–Crippen LogP) is 2.47. The molecule has 2 rings (SSSR count). The minimum atomic E-state index is -0.203. The molecule has 0 radical (unpaired) electrons. The molecule has 0 unspecified atom stereocenters. The molecule has 5 nitrogen and oxygen atoms in total. The number of carbonyl (C=O) groups is 1. The van der Waals surface area contributed by atoms with Crippen LogP contribution >= 0.6 is 27.3 Å². The molecule has 0 atom stereocenters. The highest BCUT2D eigenvalue weighted by molar-refractivity contribution is 9.10. The zero-order valence-electron chi connectivity index (χ0n) is 10.6. The summed E-state index contributed by atoms with van der Waals surface area (Å²) in [5.41, 5.74) is 4.28. The van der Waals surface area contributed by atoms with E-state index in [1.165, 1.54) is 0 Å². The van der Waals surface area contributed by atoms with Gasteiger partial charge in [-0.05, 0) is 41.2 Å². The summed E-state index contributed by atoms with van der Waals surface area (Å²) in [6, 6.07) is 3.86. The lowest BCUT2D eigenvalue weighted by molar-refractivity contribution is -0.121. The molecule has 2 heterocycles. The zero-order chi connectivity index (χ0) is 13.8. The van der Waals surface area contributed by atoms with Gasteiger partial charge < -0.3 is 0 Å². The van der Waals surface area contributed by atoms with Crippen LogP contribution in [0.15, 0.2) is 27.1 Å². The van der Waals surface area contributed by atoms with Crippen molar-refractivity contribution in [2.75, 3.05) is 0 Å². The molecule has 100 valence electrons. The molecular formula is C12H13BrN4OS. The van der Waals surface area contributed by atoms with E-state index < -0.39 is 0 Å². The van der Waals surface area contributed by atoms with Gasteiger partial charge >= 0.3 is 0 Å². The van der Waals surface area contributed by atoms with E-state index in [1.54, 1.807) is 22.2 Å². The van der Waals surface area contributed by atoms with E-state index in [0.717, 1.165) is 20.7 Å². The summed E-state index contributed by atoms with van der Waals surface area (Å²) >= 11 is 4.99. The van der Waals surface area contributed by atoms with Gasteiger partial charge in [0, 0.05) is 4.88 Å². The molecule has 0 aliphatic carbocycles. The van der Waals surface area contributed by atoms with Crippen LogP contribution in [0.5, 0.6) is 0 Å². The van der Waals surface area contributed by atoms with Gasteiger partial charge in [0.2, 0.25) is 0 Å². The summed E-state index contributed by atoms with van der Waals surface area (Å²) in [7, 11) is 0. The second-order valence-electron chi connectivity index (χ2n) is 3.95. The van der Waals surface area contributed by atoms with E-state index >= 15 is 0 Å². The van der Waals surface area contributed by atoms with Gasteiger partial charge in [-0.3, -0.25) is 9.48 Å². The van der Waals surface area contributed by atoms with Crippen molar-refractivity contribution >= 4 is 39.4 Å². The standard InChI is InChI=1S/C12H13BrN4OS/c1-8-12(13)9(2)17(16-8)7-11(18)15-14-6-10-4-3-5-19-10/h3-6H,7H2,1-2H3,(H,15,18)/b14-6+. The molecule has 0 bridgehead atoms. The van der Waals surface area contributed by atoms with Crippen molar-refractivity contribution in [1.29, 1.82) is 0 Å². The second-order valence-corrected chi connectivity index (χ2v) is 5.72. The highest BCUT2D eigenvalue weighted by Crippen LogP contribution is 2.19. The Kier molecular flexibility index (Phi) is 4.49. The van der Waals surface area contributed by atoms with Crippen LogP contribution in [0.1, 0.15) is 16.3 Å². The number of thiophene rings is 1. The van der Waals surface area contributed by atoms with Crippen molar-refractivity contribution in [2.45, 2.75) is 20.4 Å². The topological polar surface area (TPSA) is 59.3 Å². The van der Waals surface area contributed by atoms with Gasteiger partial charge in [0.25, 0.3) is 5.91 Å². The lowest BCUT2D eigenvalue weighted by atomic mass is 10.4. The number of carbonyl (C=O) groups excluding carboxylic acids is 1. The molecule has 7 heteroatoms. The number of rotatable bonds is 4. The molecule has 0 saturated carbocycles. The number of hydrogen-bond acceptors (Lipinski definition) is 4. The fourth-order valence-electron chi connectivity index (χ4n) is 1.53. The van der Waals surface area contributed by atoms with E-state index in [4.69, 9.17) is 0 Å². The first-order valence-corrected chi connectivity index (χ1v) is 7.30. The quantitative estimate of drug-likeness (QED) is 0.686. The van der Waals surface area contributed by atoms with Gasteiger partial charge in [0.15, 0.2) is 0 Å². The Labute approximate surface area is 123 Å². The normalized spacial score (nSPS) is 11.1. The molecule has 2 aromatic rings. The fraction of sp³-hybridized carbons (Fsp3) is 0.250. The van der Waals surface area contributed by atoms with Gasteiger partial charge in [-0.2, -0.15) is 10.2 Å². The summed E-state index contributed by atoms with van der Waals surface area (Å²) in [5, 5.41) is 10.1. The number of aryl methyl sites for hydroxylation is 1. The van der Waals surface area contributed by atoms with Crippen LogP contribution in [0.4, 0.5) is 0 Å². The summed E-state index contributed by atoms with van der Waals surface area (Å²) in [5.74, 6) is -0.203. The summed E-state index contributed by atoms with van der Waals surface area (Å²) in [4.78, 5) is 12.7. The minimum absolute atomic E-state index is 0.153. The van der Waals surface area contributed by atoms with Gasteiger partial charge in [-0.15, -0.1) is 11.3 Å². The summed E-state index contributed by atoms with van der Waals surface area (Å²) in [6.45, 7) is 3.95. The lowest BCUT2D eigenvalue weighted by Crippen LogP contribution is -2.24. The number of nitrogens with zero attached hydrogens (tertiary/aromatic N) is 3. The Bertz CT molecular complexity index is 604. The minimum Gasteiger partial charge on any atom is -0.271 e. The van der Waals surface area contributed by atoms with Crippen LogP contribution in [-0.4, -0.2) is 21.9 Å². The summed E-state index contributed by atoms with van der Waals surface area (Å²) in [6.07, 6.45) is 1.62. The maximum Gasteiger partial charge on any atom is 0.261 e. The van der Waals surface area contributed by atoms with Crippen molar-refractivity contribution in [3.63, 3.8) is 0 Å². The number of hydrazone groups is 1. The van der Waals surface area contributed by atoms with E-state index in [1.807, 2.05) is 31.4 Å². The molecule has 19 heavy (non-hydrogen) atoms. The van der Waals surface area contributed by atoms with Crippen molar-refractivity contribution in [2.24, 2.45) is 5.10 Å². The van der Waals surface area contributed by atoms with Crippen LogP contribution < -0.4 is 5.43 Å². The van der Waals surface area contributed by atoms with E-state index in [2.05, 4.69) is 31.6 Å². The van der Waals surface area contributed by atoms with Crippen LogP contribution in [0.25, 0.3) is 0 Å². The first kappa shape index (κ1) is 14.0. The number of nitrogens with one attached hydrogen (secondary N) is 1. The van der Waals surface area contributed by atoms with Crippen molar-refractivity contribution < 1.29 is 4.79 Å². The maximum atomic E-state index is 11.7. The first-order chi connectivity index (χ1) is 9.08. The Balaban J connectivity index is 1.92. The predicted molar refractivity (Wildman–Crippen MR) is 79.5 cm³/mol. The molecule has 1 amide bonds.